The van der Waals surface area contributed by atoms with Crippen LogP contribution in [0.3, 0.4) is 0 Å². The zero-order valence-corrected chi connectivity index (χ0v) is 13.7. The van der Waals surface area contributed by atoms with E-state index >= 15 is 0 Å². The van der Waals surface area contributed by atoms with Crippen molar-refractivity contribution in [1.82, 2.24) is 10.0 Å². The standard InChI is InChI=1S/C16H26N2O2S/c1-3-13-6-4-5-7-14(13)8-9-17-16(20)12(2)10-15(19)11-18-21/h4-7,12,15,18-19,21H,3,8-11H2,1-2H3,(H,17,20). The molecule has 2 unspecified atom stereocenters. The first-order valence-electron chi connectivity index (χ1n) is 7.48. The van der Waals surface area contributed by atoms with E-state index in [1.54, 1.807) is 0 Å². The molecule has 118 valence electrons. The van der Waals surface area contributed by atoms with Gasteiger partial charge in [-0.25, -0.2) is 0 Å². The molecule has 0 fully saturated rings. The highest BCUT2D eigenvalue weighted by molar-refractivity contribution is 7.78. The van der Waals surface area contributed by atoms with E-state index in [4.69, 9.17) is 0 Å². The average molecular weight is 310 g/mol. The Morgan fingerprint density at radius 1 is 1.33 bits per heavy atom. The number of thiol groups is 1. The van der Waals surface area contributed by atoms with Crippen molar-refractivity contribution >= 4 is 18.7 Å². The quantitative estimate of drug-likeness (QED) is 0.525. The van der Waals surface area contributed by atoms with E-state index in [0.717, 1.165) is 12.8 Å². The van der Waals surface area contributed by atoms with Crippen LogP contribution in [0.4, 0.5) is 0 Å². The Hall–Kier alpha value is -1.04. The number of rotatable bonds is 9. The van der Waals surface area contributed by atoms with Crippen LogP contribution in [-0.2, 0) is 17.6 Å². The fraction of sp³-hybridized carbons (Fsp3) is 0.562. The van der Waals surface area contributed by atoms with Gasteiger partial charge in [-0.3, -0.25) is 9.52 Å². The number of nitrogens with one attached hydrogen (secondary N) is 2. The van der Waals surface area contributed by atoms with E-state index < -0.39 is 6.10 Å². The zero-order valence-electron chi connectivity index (χ0n) is 12.8. The lowest BCUT2D eigenvalue weighted by Gasteiger charge is -2.16. The van der Waals surface area contributed by atoms with Gasteiger partial charge in [-0.2, -0.15) is 0 Å². The lowest BCUT2D eigenvalue weighted by atomic mass is 10.0. The Bertz CT molecular complexity index is 440. The molecular formula is C16H26N2O2S. The van der Waals surface area contributed by atoms with Gasteiger partial charge in [-0.05, 0) is 30.4 Å². The predicted octanol–water partition coefficient (Wildman–Crippen LogP) is 1.73. The Morgan fingerprint density at radius 2 is 2.00 bits per heavy atom. The smallest absolute Gasteiger partial charge is 0.222 e. The van der Waals surface area contributed by atoms with Crippen LogP contribution in [0.15, 0.2) is 24.3 Å². The van der Waals surface area contributed by atoms with Crippen molar-refractivity contribution < 1.29 is 9.90 Å². The van der Waals surface area contributed by atoms with E-state index in [2.05, 4.69) is 41.9 Å². The third kappa shape index (κ3) is 6.50. The van der Waals surface area contributed by atoms with E-state index in [0.29, 0.717) is 19.5 Å². The summed E-state index contributed by atoms with van der Waals surface area (Å²) >= 11 is 3.84. The maximum absolute atomic E-state index is 12.0. The number of hydrogen-bond donors (Lipinski definition) is 4. The molecule has 0 heterocycles. The van der Waals surface area contributed by atoms with Crippen LogP contribution in [0.25, 0.3) is 0 Å². The van der Waals surface area contributed by atoms with Crippen molar-refractivity contribution in [3.8, 4) is 0 Å². The van der Waals surface area contributed by atoms with Crippen LogP contribution >= 0.6 is 12.8 Å². The Balaban J connectivity index is 2.36. The van der Waals surface area contributed by atoms with Crippen molar-refractivity contribution in [2.75, 3.05) is 13.1 Å². The summed E-state index contributed by atoms with van der Waals surface area (Å²) in [6.45, 7) is 4.97. The van der Waals surface area contributed by atoms with Crippen molar-refractivity contribution in [3.05, 3.63) is 35.4 Å². The van der Waals surface area contributed by atoms with Crippen LogP contribution in [0.1, 0.15) is 31.4 Å². The number of carbonyl (C=O) groups excluding carboxylic acids is 1. The summed E-state index contributed by atoms with van der Waals surface area (Å²) in [5.74, 6) is -0.217. The molecule has 0 bridgehead atoms. The number of hydrogen-bond acceptors (Lipinski definition) is 4. The Kier molecular flexibility index (Phi) is 8.42. The Morgan fingerprint density at radius 3 is 2.62 bits per heavy atom. The molecule has 1 rings (SSSR count). The highest BCUT2D eigenvalue weighted by Crippen LogP contribution is 2.10. The van der Waals surface area contributed by atoms with Gasteiger partial charge in [0.25, 0.3) is 0 Å². The molecule has 1 amide bonds. The SMILES string of the molecule is CCc1ccccc1CCNC(=O)C(C)CC(O)CNS. The van der Waals surface area contributed by atoms with E-state index in [-0.39, 0.29) is 11.8 Å². The second-order valence-corrected chi connectivity index (χ2v) is 5.63. The van der Waals surface area contributed by atoms with Crippen LogP contribution in [0.2, 0.25) is 0 Å². The fourth-order valence-corrected chi connectivity index (χ4v) is 2.56. The maximum atomic E-state index is 12.0. The largest absolute Gasteiger partial charge is 0.392 e. The third-order valence-electron chi connectivity index (χ3n) is 3.59. The van der Waals surface area contributed by atoms with Gasteiger partial charge in [-0.1, -0.05) is 50.9 Å². The molecule has 4 nitrogen and oxygen atoms in total. The summed E-state index contributed by atoms with van der Waals surface area (Å²) in [6.07, 6.45) is 1.72. The molecule has 21 heavy (non-hydrogen) atoms. The minimum atomic E-state index is -0.552. The van der Waals surface area contributed by atoms with Gasteiger partial charge in [0.2, 0.25) is 5.91 Å². The van der Waals surface area contributed by atoms with E-state index in [9.17, 15) is 9.90 Å². The van der Waals surface area contributed by atoms with E-state index in [1.165, 1.54) is 11.1 Å². The van der Waals surface area contributed by atoms with Crippen molar-refractivity contribution in [2.45, 2.75) is 39.2 Å². The lowest BCUT2D eigenvalue weighted by Crippen LogP contribution is -2.34. The number of amides is 1. The fourth-order valence-electron chi connectivity index (χ4n) is 2.34. The topological polar surface area (TPSA) is 61.4 Å². The van der Waals surface area contributed by atoms with E-state index in [1.807, 2.05) is 19.1 Å². The first-order valence-corrected chi connectivity index (χ1v) is 7.92. The first kappa shape index (κ1) is 18.0. The first-order chi connectivity index (χ1) is 10.1. The summed E-state index contributed by atoms with van der Waals surface area (Å²) in [7, 11) is 0. The minimum absolute atomic E-state index is 0.0119. The molecule has 0 radical (unpaired) electrons. The predicted molar refractivity (Wildman–Crippen MR) is 89.3 cm³/mol. The number of aliphatic hydroxyl groups excluding tert-OH is 1. The molecule has 0 aromatic heterocycles. The number of benzene rings is 1. The number of aryl methyl sites for hydroxylation is 1. The minimum Gasteiger partial charge on any atom is -0.392 e. The summed E-state index contributed by atoms with van der Waals surface area (Å²) in [5, 5.41) is 12.6. The molecule has 2 atom stereocenters. The van der Waals surface area contributed by atoms with Gasteiger partial charge < -0.3 is 10.4 Å². The van der Waals surface area contributed by atoms with Gasteiger partial charge in [0.15, 0.2) is 0 Å². The van der Waals surface area contributed by atoms with Crippen molar-refractivity contribution in [1.29, 1.82) is 0 Å². The van der Waals surface area contributed by atoms with Crippen LogP contribution in [0.5, 0.6) is 0 Å². The van der Waals surface area contributed by atoms with Crippen LogP contribution < -0.4 is 10.0 Å². The Labute approximate surface area is 132 Å². The molecule has 0 saturated heterocycles. The number of aliphatic hydroxyl groups is 1. The zero-order chi connectivity index (χ0) is 15.7. The third-order valence-corrected chi connectivity index (χ3v) is 3.78. The highest BCUT2D eigenvalue weighted by atomic mass is 32.1. The summed E-state index contributed by atoms with van der Waals surface area (Å²) in [5.41, 5.74) is 2.61. The monoisotopic (exact) mass is 310 g/mol. The van der Waals surface area contributed by atoms with Gasteiger partial charge in [-0.15, -0.1) is 0 Å². The molecule has 0 aliphatic heterocycles. The molecule has 0 saturated carbocycles. The molecular weight excluding hydrogens is 284 g/mol. The molecule has 0 aliphatic carbocycles. The highest BCUT2D eigenvalue weighted by Gasteiger charge is 2.16. The molecule has 1 aromatic rings. The van der Waals surface area contributed by atoms with Crippen LogP contribution in [0, 0.1) is 5.92 Å². The summed E-state index contributed by atoms with van der Waals surface area (Å²) < 4.78 is 2.60. The second kappa shape index (κ2) is 9.82. The maximum Gasteiger partial charge on any atom is 0.222 e. The van der Waals surface area contributed by atoms with Gasteiger partial charge in [0, 0.05) is 19.0 Å². The molecule has 0 spiro atoms. The average Bonchev–Trinajstić information content (AvgIpc) is 2.47. The molecule has 3 N–H and O–H groups in total. The van der Waals surface area contributed by atoms with Gasteiger partial charge in [0.1, 0.15) is 0 Å². The molecule has 1 aromatic carbocycles. The molecule has 0 aliphatic rings. The lowest BCUT2D eigenvalue weighted by molar-refractivity contribution is -0.125. The number of carbonyl (C=O) groups is 1. The second-order valence-electron chi connectivity index (χ2n) is 5.32. The summed E-state index contributed by atoms with van der Waals surface area (Å²) in [6, 6.07) is 8.30. The van der Waals surface area contributed by atoms with Gasteiger partial charge >= 0.3 is 0 Å². The molecule has 5 heteroatoms. The normalized spacial score (nSPS) is 13.7. The summed E-state index contributed by atoms with van der Waals surface area (Å²) in [4.78, 5) is 12.0. The van der Waals surface area contributed by atoms with Crippen molar-refractivity contribution in [2.24, 2.45) is 5.92 Å². The van der Waals surface area contributed by atoms with Gasteiger partial charge in [0.05, 0.1) is 6.10 Å². The van der Waals surface area contributed by atoms with Crippen molar-refractivity contribution in [3.63, 3.8) is 0 Å². The van der Waals surface area contributed by atoms with Crippen LogP contribution in [-0.4, -0.2) is 30.2 Å².